The monoisotopic (exact) mass is 230 g/mol. The fraction of sp³-hybridized carbons (Fsp3) is 0.625. The number of sulfonamides is 1. The Hall–Kier alpha value is -0.920. The minimum Gasteiger partial charge on any atom is -0.335 e. The molecule has 0 bridgehead atoms. The molecule has 1 aromatic rings. The topological polar surface area (TPSA) is 78.1 Å². The van der Waals surface area contributed by atoms with Gasteiger partial charge in [0.25, 0.3) is 10.0 Å². The number of imidazole rings is 1. The van der Waals surface area contributed by atoms with Gasteiger partial charge in [0.15, 0.2) is 5.03 Å². The summed E-state index contributed by atoms with van der Waals surface area (Å²) in [5.41, 5.74) is 0. The zero-order chi connectivity index (χ0) is 10.9. The molecule has 0 radical (unpaired) electrons. The number of likely N-dealkylation sites (N-methyl/N-ethyl adjacent to an activating group) is 1. The van der Waals surface area contributed by atoms with E-state index in [0.29, 0.717) is 13.1 Å². The molecule has 84 valence electrons. The smallest absolute Gasteiger partial charge is 0.260 e. The van der Waals surface area contributed by atoms with E-state index < -0.39 is 10.0 Å². The summed E-state index contributed by atoms with van der Waals surface area (Å²) >= 11 is 0. The van der Waals surface area contributed by atoms with E-state index in [2.05, 4.69) is 15.3 Å². The maximum atomic E-state index is 12.0. The number of aromatic nitrogens is 2. The number of rotatable bonds is 3. The molecular formula is C8H14N4O2S. The van der Waals surface area contributed by atoms with Gasteiger partial charge >= 0.3 is 0 Å². The van der Waals surface area contributed by atoms with Crippen LogP contribution in [-0.2, 0) is 10.0 Å². The summed E-state index contributed by atoms with van der Waals surface area (Å²) in [5.74, 6) is 0. The lowest BCUT2D eigenvalue weighted by Gasteiger charge is -2.14. The Balaban J connectivity index is 2.18. The lowest BCUT2D eigenvalue weighted by atomic mass is 10.3. The van der Waals surface area contributed by atoms with E-state index in [9.17, 15) is 8.42 Å². The number of H-pyrrole nitrogens is 1. The van der Waals surface area contributed by atoms with Crippen molar-refractivity contribution in [3.8, 4) is 0 Å². The van der Waals surface area contributed by atoms with E-state index in [1.165, 1.54) is 16.8 Å². The van der Waals surface area contributed by atoms with E-state index in [-0.39, 0.29) is 11.1 Å². The largest absolute Gasteiger partial charge is 0.335 e. The molecule has 7 heteroatoms. The van der Waals surface area contributed by atoms with Crippen molar-refractivity contribution in [2.24, 2.45) is 0 Å². The molecule has 15 heavy (non-hydrogen) atoms. The van der Waals surface area contributed by atoms with E-state index in [1.807, 2.05) is 7.05 Å². The second-order valence-corrected chi connectivity index (χ2v) is 5.46. The van der Waals surface area contributed by atoms with Crippen molar-refractivity contribution >= 4 is 10.0 Å². The maximum absolute atomic E-state index is 12.0. The van der Waals surface area contributed by atoms with Crippen LogP contribution in [0.15, 0.2) is 17.6 Å². The molecule has 0 saturated carbocycles. The highest BCUT2D eigenvalue weighted by Crippen LogP contribution is 2.18. The third kappa shape index (κ3) is 1.90. The molecule has 1 fully saturated rings. The zero-order valence-electron chi connectivity index (χ0n) is 8.47. The lowest BCUT2D eigenvalue weighted by molar-refractivity contribution is 0.462. The first-order valence-electron chi connectivity index (χ1n) is 4.80. The molecule has 1 aliphatic heterocycles. The molecule has 0 aromatic carbocycles. The first kappa shape index (κ1) is 10.6. The van der Waals surface area contributed by atoms with Crippen molar-refractivity contribution in [1.29, 1.82) is 0 Å². The van der Waals surface area contributed by atoms with Crippen molar-refractivity contribution in [3.63, 3.8) is 0 Å². The molecule has 1 aromatic heterocycles. The van der Waals surface area contributed by atoms with Crippen LogP contribution in [-0.4, -0.2) is 48.9 Å². The SMILES string of the molecule is CNC1CCN(S(=O)(=O)c2cnc[nH]2)C1. The molecular weight excluding hydrogens is 216 g/mol. The Morgan fingerprint density at radius 1 is 1.67 bits per heavy atom. The highest BCUT2D eigenvalue weighted by Gasteiger charge is 2.32. The van der Waals surface area contributed by atoms with Gasteiger partial charge in [-0.2, -0.15) is 4.31 Å². The van der Waals surface area contributed by atoms with Crippen molar-refractivity contribution in [1.82, 2.24) is 19.6 Å². The first-order chi connectivity index (χ1) is 7.14. The number of hydrogen-bond acceptors (Lipinski definition) is 4. The molecule has 1 unspecified atom stereocenters. The summed E-state index contributed by atoms with van der Waals surface area (Å²) in [5, 5.41) is 3.25. The van der Waals surface area contributed by atoms with Crippen molar-refractivity contribution in [2.75, 3.05) is 20.1 Å². The van der Waals surface area contributed by atoms with Crippen molar-refractivity contribution < 1.29 is 8.42 Å². The van der Waals surface area contributed by atoms with Crippen LogP contribution >= 0.6 is 0 Å². The average Bonchev–Trinajstić information content (AvgIpc) is 2.89. The number of aromatic amines is 1. The molecule has 0 aliphatic carbocycles. The predicted molar refractivity (Wildman–Crippen MR) is 54.8 cm³/mol. The summed E-state index contributed by atoms with van der Waals surface area (Å²) in [6.07, 6.45) is 3.56. The quantitative estimate of drug-likeness (QED) is 0.726. The average molecular weight is 230 g/mol. The Morgan fingerprint density at radius 2 is 2.47 bits per heavy atom. The van der Waals surface area contributed by atoms with E-state index in [1.54, 1.807) is 0 Å². The third-order valence-corrected chi connectivity index (χ3v) is 4.44. The molecule has 2 heterocycles. The van der Waals surface area contributed by atoms with Gasteiger partial charge in [-0.1, -0.05) is 0 Å². The number of nitrogens with one attached hydrogen (secondary N) is 2. The Bertz CT molecular complexity index is 414. The van der Waals surface area contributed by atoms with Crippen LogP contribution in [0.2, 0.25) is 0 Å². The summed E-state index contributed by atoms with van der Waals surface area (Å²) in [6, 6.07) is 0.252. The van der Waals surface area contributed by atoms with Gasteiger partial charge < -0.3 is 10.3 Å². The lowest BCUT2D eigenvalue weighted by Crippen LogP contribution is -2.33. The van der Waals surface area contributed by atoms with Gasteiger partial charge in [-0.25, -0.2) is 13.4 Å². The van der Waals surface area contributed by atoms with Crippen LogP contribution in [0, 0.1) is 0 Å². The second-order valence-electron chi connectivity index (χ2n) is 3.55. The van der Waals surface area contributed by atoms with Gasteiger partial charge in [0.1, 0.15) is 0 Å². The van der Waals surface area contributed by atoms with Crippen LogP contribution in [0.3, 0.4) is 0 Å². The highest BCUT2D eigenvalue weighted by atomic mass is 32.2. The fourth-order valence-corrected chi connectivity index (χ4v) is 3.10. The first-order valence-corrected chi connectivity index (χ1v) is 6.24. The van der Waals surface area contributed by atoms with Gasteiger partial charge in [0.2, 0.25) is 0 Å². The zero-order valence-corrected chi connectivity index (χ0v) is 9.29. The van der Waals surface area contributed by atoms with Crippen LogP contribution < -0.4 is 5.32 Å². The highest BCUT2D eigenvalue weighted by molar-refractivity contribution is 7.89. The summed E-state index contributed by atoms with van der Waals surface area (Å²) in [6.45, 7) is 1.09. The van der Waals surface area contributed by atoms with E-state index in [4.69, 9.17) is 0 Å². The maximum Gasteiger partial charge on any atom is 0.260 e. The molecule has 2 N–H and O–H groups in total. The Morgan fingerprint density at radius 3 is 3.00 bits per heavy atom. The van der Waals surface area contributed by atoms with Gasteiger partial charge in [-0.3, -0.25) is 0 Å². The summed E-state index contributed by atoms with van der Waals surface area (Å²) < 4.78 is 25.4. The molecule has 6 nitrogen and oxygen atoms in total. The standard InChI is InChI=1S/C8H14N4O2S/c1-9-7-2-3-12(5-7)15(13,14)8-4-10-6-11-8/h4,6-7,9H,2-3,5H2,1H3,(H,10,11). The predicted octanol–water partition coefficient (Wildman–Crippen LogP) is -0.608. The van der Waals surface area contributed by atoms with Gasteiger partial charge in [0.05, 0.1) is 12.5 Å². The molecule has 1 aliphatic rings. The third-order valence-electron chi connectivity index (χ3n) is 2.65. The molecule has 2 rings (SSSR count). The van der Waals surface area contributed by atoms with Crippen LogP contribution in [0.1, 0.15) is 6.42 Å². The minimum atomic E-state index is -3.36. The second kappa shape index (κ2) is 3.92. The van der Waals surface area contributed by atoms with Crippen molar-refractivity contribution in [3.05, 3.63) is 12.5 Å². The summed E-state index contributed by atoms with van der Waals surface area (Å²) in [7, 11) is -1.52. The molecule has 1 atom stereocenters. The van der Waals surface area contributed by atoms with Crippen LogP contribution in [0.5, 0.6) is 0 Å². The van der Waals surface area contributed by atoms with Gasteiger partial charge in [0, 0.05) is 19.1 Å². The minimum absolute atomic E-state index is 0.166. The van der Waals surface area contributed by atoms with Gasteiger partial charge in [-0.05, 0) is 13.5 Å². The number of hydrogen-bond donors (Lipinski definition) is 2. The number of nitrogens with zero attached hydrogens (tertiary/aromatic N) is 2. The normalized spacial score (nSPS) is 23.4. The molecule has 1 saturated heterocycles. The Labute approximate surface area is 88.7 Å². The Kier molecular flexibility index (Phi) is 2.76. The molecule has 0 amide bonds. The van der Waals surface area contributed by atoms with E-state index >= 15 is 0 Å². The van der Waals surface area contributed by atoms with E-state index in [0.717, 1.165) is 6.42 Å². The van der Waals surface area contributed by atoms with Crippen LogP contribution in [0.25, 0.3) is 0 Å². The van der Waals surface area contributed by atoms with Crippen LogP contribution in [0.4, 0.5) is 0 Å². The summed E-state index contributed by atoms with van der Waals surface area (Å²) in [4.78, 5) is 6.35. The van der Waals surface area contributed by atoms with Gasteiger partial charge in [-0.15, -0.1) is 0 Å². The molecule has 0 spiro atoms. The fourth-order valence-electron chi connectivity index (χ4n) is 1.71. The van der Waals surface area contributed by atoms with Crippen molar-refractivity contribution in [2.45, 2.75) is 17.5 Å².